The molecule has 29 heavy (non-hydrogen) atoms. The number of sulfonamides is 1. The van der Waals surface area contributed by atoms with Crippen molar-refractivity contribution in [2.75, 3.05) is 6.61 Å². The molecule has 0 aliphatic carbocycles. The second kappa shape index (κ2) is 8.81. The maximum Gasteiger partial charge on any atom is 0.419 e. The van der Waals surface area contributed by atoms with Crippen molar-refractivity contribution in [2.24, 2.45) is 0 Å². The molecule has 3 aromatic rings. The van der Waals surface area contributed by atoms with Gasteiger partial charge in [0, 0.05) is 11.6 Å². The fraction of sp³-hybridized carbons (Fsp3) is 0.263. The van der Waals surface area contributed by atoms with Crippen molar-refractivity contribution in [1.29, 1.82) is 0 Å². The molecular weight excluding hydrogens is 420 g/mol. The van der Waals surface area contributed by atoms with Gasteiger partial charge < -0.3 is 9.15 Å². The van der Waals surface area contributed by atoms with Gasteiger partial charge in [-0.25, -0.2) is 13.2 Å². The van der Waals surface area contributed by atoms with E-state index in [0.29, 0.717) is 29.1 Å². The second-order valence-corrected chi connectivity index (χ2v) is 8.46. The number of hydrogen-bond acceptors (Lipinski definition) is 6. The average molecular weight is 439 g/mol. The molecule has 8 nitrogen and oxygen atoms in total. The summed E-state index contributed by atoms with van der Waals surface area (Å²) in [6.45, 7) is 1.72. The molecule has 10 heteroatoms. The van der Waals surface area contributed by atoms with Crippen LogP contribution in [0.5, 0.6) is 0 Å². The van der Waals surface area contributed by atoms with E-state index in [2.05, 4.69) is 4.72 Å². The first kappa shape index (κ1) is 21.1. The standard InChI is InChI=1S/C19H19ClN2O6S/c1-13(21-29(25,26)15-9-7-14(20)8-10-15)18(23)27-12-4-11-22-16-5-2-3-6-17(16)28-19(22)24/h2-3,5-10,13,21H,4,11-12H2,1H3/t13-/m0/s1. The molecule has 154 valence electrons. The molecule has 0 saturated heterocycles. The lowest BCUT2D eigenvalue weighted by Crippen LogP contribution is -2.39. The van der Waals surface area contributed by atoms with Gasteiger partial charge in [-0.05, 0) is 49.7 Å². The smallest absolute Gasteiger partial charge is 0.419 e. The summed E-state index contributed by atoms with van der Waals surface area (Å²) in [5.74, 6) is -1.20. The Morgan fingerprint density at radius 2 is 1.90 bits per heavy atom. The van der Waals surface area contributed by atoms with Crippen LogP contribution in [-0.2, 0) is 26.1 Å². The molecule has 0 radical (unpaired) electrons. The quantitative estimate of drug-likeness (QED) is 0.427. The van der Waals surface area contributed by atoms with Gasteiger partial charge in [0.25, 0.3) is 0 Å². The van der Waals surface area contributed by atoms with Crippen molar-refractivity contribution in [2.45, 2.75) is 30.8 Å². The molecule has 1 atom stereocenters. The molecular formula is C19H19ClN2O6S. The fourth-order valence-electron chi connectivity index (χ4n) is 2.71. The van der Waals surface area contributed by atoms with Crippen molar-refractivity contribution < 1.29 is 22.4 Å². The summed E-state index contributed by atoms with van der Waals surface area (Å²) < 4.78 is 38.6. The molecule has 0 amide bonds. The summed E-state index contributed by atoms with van der Waals surface area (Å²) in [6.07, 6.45) is 0.367. The number of carbonyl (C=O) groups is 1. The number of benzene rings is 2. The minimum Gasteiger partial charge on any atom is -0.464 e. The molecule has 3 rings (SSSR count). The lowest BCUT2D eigenvalue weighted by molar-refractivity contribution is -0.145. The van der Waals surface area contributed by atoms with Crippen LogP contribution in [0.2, 0.25) is 5.02 Å². The van der Waals surface area contributed by atoms with Gasteiger partial charge in [0.1, 0.15) is 6.04 Å². The van der Waals surface area contributed by atoms with Gasteiger partial charge in [-0.2, -0.15) is 4.72 Å². The van der Waals surface area contributed by atoms with E-state index in [0.717, 1.165) is 0 Å². The molecule has 0 fully saturated rings. The van der Waals surface area contributed by atoms with Crippen LogP contribution in [0.25, 0.3) is 11.1 Å². The highest BCUT2D eigenvalue weighted by Crippen LogP contribution is 2.15. The Hall–Kier alpha value is -2.62. The SMILES string of the molecule is C[C@H](NS(=O)(=O)c1ccc(Cl)cc1)C(=O)OCCCn1c(=O)oc2ccccc21. The number of esters is 1. The molecule has 0 aliphatic rings. The molecule has 0 unspecified atom stereocenters. The third-order valence-corrected chi connectivity index (χ3v) is 5.96. The number of nitrogens with one attached hydrogen (secondary N) is 1. The van der Waals surface area contributed by atoms with E-state index in [-0.39, 0.29) is 11.5 Å². The fourth-order valence-corrected chi connectivity index (χ4v) is 4.03. The minimum absolute atomic E-state index is 0.00670. The summed E-state index contributed by atoms with van der Waals surface area (Å²) in [5.41, 5.74) is 1.15. The van der Waals surface area contributed by atoms with Crippen LogP contribution in [0.1, 0.15) is 13.3 Å². The Morgan fingerprint density at radius 1 is 1.21 bits per heavy atom. The molecule has 2 aromatic carbocycles. The zero-order valence-corrected chi connectivity index (χ0v) is 17.1. The second-order valence-electron chi connectivity index (χ2n) is 6.31. The number of nitrogens with zero attached hydrogens (tertiary/aromatic N) is 1. The Balaban J connectivity index is 1.52. The Kier molecular flexibility index (Phi) is 6.41. The monoisotopic (exact) mass is 438 g/mol. The first-order chi connectivity index (χ1) is 13.8. The van der Waals surface area contributed by atoms with Crippen LogP contribution >= 0.6 is 11.6 Å². The van der Waals surface area contributed by atoms with Gasteiger partial charge in [0.2, 0.25) is 10.0 Å². The zero-order chi connectivity index (χ0) is 21.0. The zero-order valence-electron chi connectivity index (χ0n) is 15.5. The molecule has 1 N–H and O–H groups in total. The van der Waals surface area contributed by atoms with Crippen LogP contribution < -0.4 is 10.5 Å². The highest BCUT2D eigenvalue weighted by Gasteiger charge is 2.23. The van der Waals surface area contributed by atoms with Crippen molar-refractivity contribution in [1.82, 2.24) is 9.29 Å². The van der Waals surface area contributed by atoms with Crippen molar-refractivity contribution >= 4 is 38.7 Å². The van der Waals surface area contributed by atoms with E-state index in [1.54, 1.807) is 24.3 Å². The number of para-hydroxylation sites is 2. The number of fused-ring (bicyclic) bond motifs is 1. The molecule has 0 bridgehead atoms. The molecule has 0 aliphatic heterocycles. The number of carbonyl (C=O) groups excluding carboxylic acids is 1. The first-order valence-electron chi connectivity index (χ1n) is 8.81. The van der Waals surface area contributed by atoms with Gasteiger partial charge in [-0.15, -0.1) is 0 Å². The maximum absolute atomic E-state index is 12.3. The summed E-state index contributed by atoms with van der Waals surface area (Å²) in [5, 5.41) is 0.404. The molecule has 1 aromatic heterocycles. The summed E-state index contributed by atoms with van der Waals surface area (Å²) >= 11 is 5.75. The van der Waals surface area contributed by atoms with Crippen LogP contribution in [-0.4, -0.2) is 31.6 Å². The van der Waals surface area contributed by atoms with Gasteiger partial charge >= 0.3 is 11.7 Å². The number of halogens is 1. The van der Waals surface area contributed by atoms with Crippen LogP contribution in [0.15, 0.2) is 62.6 Å². The predicted octanol–water partition coefficient (Wildman–Crippen LogP) is 2.55. The summed E-state index contributed by atoms with van der Waals surface area (Å²) in [7, 11) is -3.88. The van der Waals surface area contributed by atoms with E-state index in [9.17, 15) is 18.0 Å². The number of rotatable bonds is 8. The topological polar surface area (TPSA) is 108 Å². The van der Waals surface area contributed by atoms with Crippen molar-refractivity contribution in [3.8, 4) is 0 Å². The normalized spacial score (nSPS) is 12.8. The van der Waals surface area contributed by atoms with E-state index in [1.807, 2.05) is 0 Å². The van der Waals surface area contributed by atoms with E-state index in [1.165, 1.54) is 35.8 Å². The molecule has 0 spiro atoms. The van der Waals surface area contributed by atoms with Crippen LogP contribution in [0.4, 0.5) is 0 Å². The Morgan fingerprint density at radius 3 is 2.62 bits per heavy atom. The van der Waals surface area contributed by atoms with Gasteiger partial charge in [0.15, 0.2) is 5.58 Å². The number of aromatic nitrogens is 1. The summed E-state index contributed by atoms with van der Waals surface area (Å²) in [4.78, 5) is 24.0. The Bertz CT molecular complexity index is 1170. The van der Waals surface area contributed by atoms with Gasteiger partial charge in [0.05, 0.1) is 17.0 Å². The van der Waals surface area contributed by atoms with E-state index in [4.69, 9.17) is 20.8 Å². The largest absolute Gasteiger partial charge is 0.464 e. The third-order valence-electron chi connectivity index (χ3n) is 4.15. The number of ether oxygens (including phenoxy) is 1. The van der Waals surface area contributed by atoms with Gasteiger partial charge in [-0.3, -0.25) is 9.36 Å². The highest BCUT2D eigenvalue weighted by molar-refractivity contribution is 7.89. The van der Waals surface area contributed by atoms with Crippen molar-refractivity contribution in [3.63, 3.8) is 0 Å². The lowest BCUT2D eigenvalue weighted by atomic mass is 10.3. The third kappa shape index (κ3) is 5.06. The Labute approximate surface area is 172 Å². The number of oxazole rings is 1. The number of hydrogen-bond donors (Lipinski definition) is 1. The van der Waals surface area contributed by atoms with E-state index >= 15 is 0 Å². The van der Waals surface area contributed by atoms with Crippen LogP contribution in [0, 0.1) is 0 Å². The molecule has 0 saturated carbocycles. The highest BCUT2D eigenvalue weighted by atomic mass is 35.5. The lowest BCUT2D eigenvalue weighted by Gasteiger charge is -2.14. The average Bonchev–Trinajstić information content (AvgIpc) is 3.00. The predicted molar refractivity (Wildman–Crippen MR) is 107 cm³/mol. The number of aryl methyl sites for hydroxylation is 1. The van der Waals surface area contributed by atoms with Gasteiger partial charge in [-0.1, -0.05) is 23.7 Å². The maximum atomic E-state index is 12.3. The van der Waals surface area contributed by atoms with Crippen LogP contribution in [0.3, 0.4) is 0 Å². The minimum atomic E-state index is -3.88. The van der Waals surface area contributed by atoms with Crippen molar-refractivity contribution in [3.05, 3.63) is 64.1 Å². The first-order valence-corrected chi connectivity index (χ1v) is 10.7. The van der Waals surface area contributed by atoms with E-state index < -0.39 is 27.8 Å². The summed E-state index contributed by atoms with van der Waals surface area (Å²) in [6, 6.07) is 11.5. The molecule has 1 heterocycles.